The molecular weight excluding hydrogens is 194 g/mol. The monoisotopic (exact) mass is 209 g/mol. The van der Waals surface area contributed by atoms with Crippen LogP contribution in [0.25, 0.3) is 0 Å². The van der Waals surface area contributed by atoms with Gasteiger partial charge in [0.05, 0.1) is 7.11 Å². The fourth-order valence-electron chi connectivity index (χ4n) is 1.77. The molecule has 0 saturated carbocycles. The summed E-state index contributed by atoms with van der Waals surface area (Å²) in [5.74, 6) is 1.01. The maximum atomic E-state index is 8.89. The summed E-state index contributed by atoms with van der Waals surface area (Å²) in [4.78, 5) is 10.5. The Balaban J connectivity index is 1.94. The summed E-state index contributed by atoms with van der Waals surface area (Å²) < 4.78 is 5.12. The number of aliphatic hydroxyl groups is 1. The van der Waals surface area contributed by atoms with Crippen LogP contribution in [0.3, 0.4) is 0 Å². The summed E-state index contributed by atoms with van der Waals surface area (Å²) in [6.07, 6.45) is 3.29. The molecule has 1 fully saturated rings. The molecule has 5 heteroatoms. The molecular formula is C10H15N3O2. The summed E-state index contributed by atoms with van der Waals surface area (Å²) in [5, 5.41) is 8.89. The van der Waals surface area contributed by atoms with Crippen LogP contribution in [0.15, 0.2) is 12.4 Å². The van der Waals surface area contributed by atoms with Crippen molar-refractivity contribution in [2.24, 2.45) is 5.92 Å². The van der Waals surface area contributed by atoms with E-state index < -0.39 is 0 Å². The molecule has 2 heterocycles. The van der Waals surface area contributed by atoms with Crippen molar-refractivity contribution in [2.75, 3.05) is 26.8 Å². The van der Waals surface area contributed by atoms with Crippen LogP contribution in [0.5, 0.6) is 5.88 Å². The van der Waals surface area contributed by atoms with Crippen molar-refractivity contribution in [1.29, 1.82) is 0 Å². The minimum Gasteiger partial charge on any atom is -0.480 e. The smallest absolute Gasteiger partial charge is 0.236 e. The number of hydrogen-bond acceptors (Lipinski definition) is 5. The maximum Gasteiger partial charge on any atom is 0.236 e. The van der Waals surface area contributed by atoms with Crippen LogP contribution in [-0.2, 0) is 6.54 Å². The lowest BCUT2D eigenvalue weighted by molar-refractivity contribution is 0.0462. The van der Waals surface area contributed by atoms with E-state index in [0.29, 0.717) is 11.8 Å². The van der Waals surface area contributed by atoms with Gasteiger partial charge in [-0.15, -0.1) is 0 Å². The van der Waals surface area contributed by atoms with E-state index in [1.165, 1.54) is 0 Å². The van der Waals surface area contributed by atoms with Gasteiger partial charge < -0.3 is 9.84 Å². The van der Waals surface area contributed by atoms with E-state index in [0.717, 1.165) is 25.3 Å². The zero-order chi connectivity index (χ0) is 10.7. The average molecular weight is 209 g/mol. The summed E-state index contributed by atoms with van der Waals surface area (Å²) in [5.41, 5.74) is 0.858. The Kier molecular flexibility index (Phi) is 3.13. The number of methoxy groups -OCH3 is 1. The summed E-state index contributed by atoms with van der Waals surface area (Å²) >= 11 is 0. The first-order valence-electron chi connectivity index (χ1n) is 5.00. The lowest BCUT2D eigenvalue weighted by Crippen LogP contribution is -2.47. The highest BCUT2D eigenvalue weighted by molar-refractivity contribution is 5.17. The second kappa shape index (κ2) is 4.55. The molecule has 15 heavy (non-hydrogen) atoms. The highest BCUT2D eigenvalue weighted by atomic mass is 16.5. The van der Waals surface area contributed by atoms with Crippen molar-refractivity contribution in [3.63, 3.8) is 0 Å². The Labute approximate surface area is 88.7 Å². The molecule has 1 aromatic rings. The van der Waals surface area contributed by atoms with Gasteiger partial charge in [0, 0.05) is 44.6 Å². The molecule has 1 aliphatic rings. The zero-order valence-electron chi connectivity index (χ0n) is 8.76. The molecule has 2 rings (SSSR count). The highest BCUT2D eigenvalue weighted by Gasteiger charge is 2.26. The molecule has 82 valence electrons. The maximum absolute atomic E-state index is 8.89. The molecule has 1 N–H and O–H groups in total. The lowest BCUT2D eigenvalue weighted by Gasteiger charge is -2.37. The molecule has 0 spiro atoms. The molecule has 0 bridgehead atoms. The van der Waals surface area contributed by atoms with Crippen LogP contribution >= 0.6 is 0 Å². The van der Waals surface area contributed by atoms with Crippen LogP contribution in [0, 0.1) is 5.92 Å². The Morgan fingerprint density at radius 2 is 2.20 bits per heavy atom. The number of aromatic nitrogens is 2. The first-order chi connectivity index (χ1) is 7.33. The summed E-state index contributed by atoms with van der Waals surface area (Å²) in [6.45, 7) is 2.87. The standard InChI is InChI=1S/C10H15N3O2/c1-15-10-9(11-2-3-12-10)6-13-4-8(5-13)7-14/h2-3,8,14H,4-7H2,1H3. The third kappa shape index (κ3) is 2.24. The van der Waals surface area contributed by atoms with Gasteiger partial charge >= 0.3 is 0 Å². The Morgan fingerprint density at radius 1 is 1.47 bits per heavy atom. The second-order valence-electron chi connectivity index (χ2n) is 3.75. The minimum absolute atomic E-state index is 0.272. The van der Waals surface area contributed by atoms with Crippen LogP contribution in [0.2, 0.25) is 0 Å². The first-order valence-corrected chi connectivity index (χ1v) is 5.00. The van der Waals surface area contributed by atoms with Gasteiger partial charge in [-0.25, -0.2) is 4.98 Å². The number of ether oxygens (including phenoxy) is 1. The molecule has 0 aliphatic carbocycles. The van der Waals surface area contributed by atoms with Crippen molar-refractivity contribution >= 4 is 0 Å². The number of rotatable bonds is 4. The quantitative estimate of drug-likeness (QED) is 0.751. The van der Waals surface area contributed by atoms with E-state index in [4.69, 9.17) is 9.84 Å². The summed E-state index contributed by atoms with van der Waals surface area (Å²) in [7, 11) is 1.60. The number of hydrogen-bond donors (Lipinski definition) is 1. The molecule has 1 saturated heterocycles. The van der Waals surface area contributed by atoms with Crippen LogP contribution in [0.1, 0.15) is 5.69 Å². The molecule has 0 radical (unpaired) electrons. The van der Waals surface area contributed by atoms with E-state index in [1.807, 2.05) is 0 Å². The number of likely N-dealkylation sites (tertiary alicyclic amines) is 1. The second-order valence-corrected chi connectivity index (χ2v) is 3.75. The fourth-order valence-corrected chi connectivity index (χ4v) is 1.77. The molecule has 0 amide bonds. The minimum atomic E-state index is 0.272. The molecule has 1 aromatic heterocycles. The zero-order valence-corrected chi connectivity index (χ0v) is 8.76. The van der Waals surface area contributed by atoms with Crippen LogP contribution in [0.4, 0.5) is 0 Å². The molecule has 0 atom stereocenters. The SMILES string of the molecule is COc1nccnc1CN1CC(CO)C1. The van der Waals surface area contributed by atoms with Gasteiger partial charge in [-0.3, -0.25) is 9.88 Å². The van der Waals surface area contributed by atoms with Gasteiger partial charge in [0.2, 0.25) is 5.88 Å². The van der Waals surface area contributed by atoms with Gasteiger partial charge in [-0.1, -0.05) is 0 Å². The molecule has 0 unspecified atom stereocenters. The van der Waals surface area contributed by atoms with E-state index >= 15 is 0 Å². The van der Waals surface area contributed by atoms with E-state index in [-0.39, 0.29) is 6.61 Å². The van der Waals surface area contributed by atoms with Crippen molar-refractivity contribution < 1.29 is 9.84 Å². The van der Waals surface area contributed by atoms with Gasteiger partial charge in [-0.2, -0.15) is 0 Å². The number of nitrogens with zero attached hydrogens (tertiary/aromatic N) is 3. The van der Waals surface area contributed by atoms with Gasteiger partial charge in [-0.05, 0) is 0 Å². The molecule has 0 aromatic carbocycles. The van der Waals surface area contributed by atoms with Crippen molar-refractivity contribution in [3.8, 4) is 5.88 Å². The Morgan fingerprint density at radius 3 is 2.87 bits per heavy atom. The third-order valence-corrected chi connectivity index (χ3v) is 2.59. The Bertz CT molecular complexity index is 326. The van der Waals surface area contributed by atoms with E-state index in [9.17, 15) is 0 Å². The predicted molar refractivity (Wildman–Crippen MR) is 54.4 cm³/mol. The largest absolute Gasteiger partial charge is 0.480 e. The average Bonchev–Trinajstić information content (AvgIpc) is 2.23. The van der Waals surface area contributed by atoms with E-state index in [2.05, 4.69) is 14.9 Å². The van der Waals surface area contributed by atoms with Crippen LogP contribution < -0.4 is 4.74 Å². The highest BCUT2D eigenvalue weighted by Crippen LogP contribution is 2.20. The lowest BCUT2D eigenvalue weighted by atomic mass is 10.0. The predicted octanol–water partition coefficient (Wildman–Crippen LogP) is -0.0907. The van der Waals surface area contributed by atoms with Crippen molar-refractivity contribution in [3.05, 3.63) is 18.1 Å². The third-order valence-electron chi connectivity index (χ3n) is 2.59. The topological polar surface area (TPSA) is 58.5 Å². The molecule has 5 nitrogen and oxygen atoms in total. The van der Waals surface area contributed by atoms with Gasteiger partial charge in [0.25, 0.3) is 0 Å². The Hall–Kier alpha value is -1.20. The van der Waals surface area contributed by atoms with Gasteiger partial charge in [0.15, 0.2) is 0 Å². The normalized spacial score (nSPS) is 17.5. The number of aliphatic hydroxyl groups excluding tert-OH is 1. The van der Waals surface area contributed by atoms with Crippen molar-refractivity contribution in [1.82, 2.24) is 14.9 Å². The molecule has 1 aliphatic heterocycles. The summed E-state index contributed by atoms with van der Waals surface area (Å²) in [6, 6.07) is 0. The van der Waals surface area contributed by atoms with Gasteiger partial charge in [0.1, 0.15) is 5.69 Å². The van der Waals surface area contributed by atoms with Crippen LogP contribution in [-0.4, -0.2) is 46.8 Å². The first kappa shape index (κ1) is 10.3. The van der Waals surface area contributed by atoms with E-state index in [1.54, 1.807) is 19.5 Å². The fraction of sp³-hybridized carbons (Fsp3) is 0.600. The van der Waals surface area contributed by atoms with Crippen molar-refractivity contribution in [2.45, 2.75) is 6.54 Å².